The molecule has 2 aromatic rings. The van der Waals surface area contributed by atoms with E-state index >= 15 is 0 Å². The molecule has 6 amide bonds. The largest absolute Gasteiger partial charge is 0.469 e. The first-order valence-electron chi connectivity index (χ1n) is 18.4. The van der Waals surface area contributed by atoms with E-state index in [2.05, 4.69) is 54.8 Å². The van der Waals surface area contributed by atoms with E-state index in [4.69, 9.17) is 15.5 Å². The number of carbonyl (C=O) groups excluding carboxylic acids is 6. The molecule has 0 radical (unpaired) electrons. The van der Waals surface area contributed by atoms with Crippen LogP contribution in [0.15, 0.2) is 42.9 Å². The standard InChI is InChI=1S/C36H57N8O11P/c1-22(2)16-28(40-31(47)19-44(25(5)46)15-11-7-8-12-23(3)26-13-9-6-10-14-26)34(49)41-29(17-27-18-38-21-39-27)35(50)42-30(20-45)36(51)43-32(33(37)48)24(4)55-56(52,53)54/h6,9-10,13-14,18,21-24,28-30,32,45H,7-8,11-12,15-17,19-20H2,1-5H3,(H2,37,48)(H,38,39)(H,40,47)(H,41,49)(H,42,50)(H,43,51)(H2,52,53,54). The molecular formula is C36H57N8O11P. The summed E-state index contributed by atoms with van der Waals surface area (Å²) in [6, 6.07) is 4.19. The van der Waals surface area contributed by atoms with Gasteiger partial charge in [-0.05, 0) is 43.6 Å². The minimum absolute atomic E-state index is 0.0919. The number of benzene rings is 1. The molecule has 0 saturated heterocycles. The van der Waals surface area contributed by atoms with Crippen molar-refractivity contribution >= 4 is 43.3 Å². The Bertz CT molecular complexity index is 1620. The summed E-state index contributed by atoms with van der Waals surface area (Å²) < 4.78 is 15.7. The van der Waals surface area contributed by atoms with Gasteiger partial charge in [-0.3, -0.25) is 33.3 Å². The summed E-state index contributed by atoms with van der Waals surface area (Å²) in [6.07, 6.45) is 4.61. The number of aromatic amines is 1. The van der Waals surface area contributed by atoms with Gasteiger partial charge >= 0.3 is 7.82 Å². The molecule has 1 aromatic heterocycles. The number of aliphatic hydroxyl groups is 1. The number of aromatic nitrogens is 2. The fourth-order valence-electron chi connectivity index (χ4n) is 5.86. The lowest BCUT2D eigenvalue weighted by Crippen LogP contribution is -2.60. The molecule has 0 bridgehead atoms. The number of nitrogens with one attached hydrogen (secondary N) is 5. The first-order valence-corrected chi connectivity index (χ1v) is 20.0. The van der Waals surface area contributed by atoms with Gasteiger partial charge in [-0.2, -0.15) is 0 Å². The van der Waals surface area contributed by atoms with Crippen molar-refractivity contribution in [1.29, 1.82) is 0 Å². The summed E-state index contributed by atoms with van der Waals surface area (Å²) in [7, 11) is -5.09. The average Bonchev–Trinajstić information content (AvgIpc) is 3.63. The number of H-pyrrole nitrogens is 1. The van der Waals surface area contributed by atoms with E-state index in [9.17, 15) is 38.4 Å². The van der Waals surface area contributed by atoms with E-state index in [0.29, 0.717) is 24.6 Å². The Morgan fingerprint density at radius 1 is 0.893 bits per heavy atom. The molecule has 56 heavy (non-hydrogen) atoms. The van der Waals surface area contributed by atoms with Crippen molar-refractivity contribution in [3.8, 4) is 0 Å². The summed E-state index contributed by atoms with van der Waals surface area (Å²) in [6.45, 7) is 7.34. The number of hydrogen-bond acceptors (Lipinski definition) is 10. The normalized spacial score (nSPS) is 14.7. The minimum atomic E-state index is -5.09. The fraction of sp³-hybridized carbons (Fsp3) is 0.583. The molecule has 0 spiro atoms. The Morgan fingerprint density at radius 2 is 1.52 bits per heavy atom. The fourth-order valence-corrected chi connectivity index (χ4v) is 6.41. The van der Waals surface area contributed by atoms with Crippen LogP contribution >= 0.6 is 7.82 Å². The molecule has 6 unspecified atom stereocenters. The zero-order valence-corrected chi connectivity index (χ0v) is 33.4. The van der Waals surface area contributed by atoms with Crippen molar-refractivity contribution in [3.05, 3.63) is 54.1 Å². The molecule has 0 aliphatic heterocycles. The first kappa shape index (κ1) is 47.5. The molecule has 312 valence electrons. The third-order valence-electron chi connectivity index (χ3n) is 8.88. The van der Waals surface area contributed by atoms with Crippen molar-refractivity contribution in [2.75, 3.05) is 19.7 Å². The van der Waals surface area contributed by atoms with Gasteiger partial charge in [0, 0.05) is 31.8 Å². The van der Waals surface area contributed by atoms with Gasteiger partial charge in [0.25, 0.3) is 0 Å². The molecule has 0 aliphatic carbocycles. The van der Waals surface area contributed by atoms with Gasteiger partial charge in [0.05, 0.1) is 25.6 Å². The van der Waals surface area contributed by atoms with Gasteiger partial charge in [0.1, 0.15) is 24.2 Å². The Balaban J connectivity index is 2.10. The van der Waals surface area contributed by atoms with Crippen LogP contribution in [-0.4, -0.2) is 115 Å². The number of primary amides is 1. The van der Waals surface area contributed by atoms with Crippen molar-refractivity contribution in [3.63, 3.8) is 0 Å². The van der Waals surface area contributed by atoms with Crippen LogP contribution in [0.25, 0.3) is 0 Å². The number of carbonyl (C=O) groups is 6. The van der Waals surface area contributed by atoms with Gasteiger partial charge in [-0.25, -0.2) is 9.55 Å². The predicted octanol–water partition coefficient (Wildman–Crippen LogP) is 0.126. The molecule has 20 heteroatoms. The quantitative estimate of drug-likeness (QED) is 0.0478. The van der Waals surface area contributed by atoms with E-state index in [0.717, 1.165) is 26.2 Å². The second kappa shape index (κ2) is 23.4. The SMILES string of the molecule is CC(=O)N(CCCCCC(C)c1ccccc1)CC(=O)NC(CC(C)C)C(=O)NC(Cc1cnc[nH]1)C(=O)NC(CO)C(=O)NC(C(N)=O)C(C)OP(=O)(O)O. The van der Waals surface area contributed by atoms with Crippen LogP contribution in [0, 0.1) is 5.92 Å². The Morgan fingerprint density at radius 3 is 2.07 bits per heavy atom. The molecule has 1 aromatic carbocycles. The number of nitrogens with zero attached hydrogens (tertiary/aromatic N) is 2. The molecule has 1 heterocycles. The van der Waals surface area contributed by atoms with E-state index in [1.165, 1.54) is 29.9 Å². The highest BCUT2D eigenvalue weighted by Crippen LogP contribution is 2.38. The maximum absolute atomic E-state index is 13.7. The predicted molar refractivity (Wildman–Crippen MR) is 204 cm³/mol. The monoisotopic (exact) mass is 808 g/mol. The number of rotatable bonds is 25. The van der Waals surface area contributed by atoms with Crippen molar-refractivity contribution in [2.45, 2.75) is 109 Å². The summed E-state index contributed by atoms with van der Waals surface area (Å²) in [5.74, 6) is -4.64. The van der Waals surface area contributed by atoms with Crippen LogP contribution in [0.3, 0.4) is 0 Å². The average molecular weight is 809 g/mol. The Kier molecular flexibility index (Phi) is 19.8. The van der Waals surface area contributed by atoms with Gasteiger partial charge in [0.15, 0.2) is 0 Å². The van der Waals surface area contributed by atoms with Crippen molar-refractivity contribution < 1.29 is 52.7 Å². The molecule has 19 nitrogen and oxygen atoms in total. The van der Waals surface area contributed by atoms with Gasteiger partial charge in [-0.15, -0.1) is 0 Å². The van der Waals surface area contributed by atoms with Gasteiger partial charge in [0.2, 0.25) is 35.4 Å². The first-order chi connectivity index (χ1) is 26.3. The van der Waals surface area contributed by atoms with Crippen LogP contribution in [0.2, 0.25) is 0 Å². The zero-order chi connectivity index (χ0) is 42.0. The van der Waals surface area contributed by atoms with Crippen LogP contribution < -0.4 is 27.0 Å². The number of imidazole rings is 1. The Labute approximate surface area is 326 Å². The van der Waals surface area contributed by atoms with Gasteiger partial charge < -0.3 is 51.8 Å². The van der Waals surface area contributed by atoms with Crippen LogP contribution in [0.1, 0.15) is 83.9 Å². The maximum atomic E-state index is 13.7. The molecule has 0 saturated carbocycles. The highest BCUT2D eigenvalue weighted by atomic mass is 31.2. The number of phosphoric ester groups is 1. The van der Waals surface area contributed by atoms with Crippen LogP contribution in [-0.2, 0) is 44.3 Å². The lowest BCUT2D eigenvalue weighted by atomic mass is 9.95. The molecular weight excluding hydrogens is 751 g/mol. The van der Waals surface area contributed by atoms with Gasteiger partial charge in [-0.1, -0.05) is 63.9 Å². The zero-order valence-electron chi connectivity index (χ0n) is 32.5. The maximum Gasteiger partial charge on any atom is 0.469 e. The Hall–Kier alpha value is -4.68. The lowest BCUT2D eigenvalue weighted by Gasteiger charge is -2.27. The van der Waals surface area contributed by atoms with E-state index in [1.54, 1.807) is 0 Å². The molecule has 0 fully saturated rings. The van der Waals surface area contributed by atoms with E-state index < -0.39 is 74.2 Å². The topological polar surface area (TPSA) is 295 Å². The summed E-state index contributed by atoms with van der Waals surface area (Å²) in [4.78, 5) is 104. The molecule has 6 atom stereocenters. The number of nitrogens with two attached hydrogens (primary N) is 1. The van der Waals surface area contributed by atoms with Crippen molar-refractivity contribution in [2.24, 2.45) is 11.7 Å². The molecule has 10 N–H and O–H groups in total. The highest BCUT2D eigenvalue weighted by molar-refractivity contribution is 7.46. The van der Waals surface area contributed by atoms with Crippen LogP contribution in [0.5, 0.6) is 0 Å². The summed E-state index contributed by atoms with van der Waals surface area (Å²) >= 11 is 0. The lowest BCUT2D eigenvalue weighted by molar-refractivity contribution is -0.137. The van der Waals surface area contributed by atoms with E-state index in [1.807, 2.05) is 32.0 Å². The number of phosphoric acid groups is 1. The third kappa shape index (κ3) is 17.4. The number of amides is 6. The minimum Gasteiger partial charge on any atom is -0.394 e. The summed E-state index contributed by atoms with van der Waals surface area (Å²) in [5.41, 5.74) is 6.95. The summed E-state index contributed by atoms with van der Waals surface area (Å²) in [5, 5.41) is 19.6. The highest BCUT2D eigenvalue weighted by Gasteiger charge is 2.35. The molecule has 0 aliphatic rings. The smallest absolute Gasteiger partial charge is 0.394 e. The second-order valence-corrected chi connectivity index (χ2v) is 15.3. The second-order valence-electron chi connectivity index (χ2n) is 14.1. The number of hydrogen-bond donors (Lipinski definition) is 9. The number of aliphatic hydroxyl groups excluding tert-OH is 1. The van der Waals surface area contributed by atoms with Crippen LogP contribution in [0.4, 0.5) is 0 Å². The van der Waals surface area contributed by atoms with E-state index in [-0.39, 0.29) is 31.2 Å². The third-order valence-corrected chi connectivity index (χ3v) is 9.48. The molecule has 2 rings (SSSR count). The number of unbranched alkanes of at least 4 members (excludes halogenated alkanes) is 2. The van der Waals surface area contributed by atoms with Crippen molar-refractivity contribution in [1.82, 2.24) is 36.1 Å².